The summed E-state index contributed by atoms with van der Waals surface area (Å²) in [6.07, 6.45) is 3.58. The van der Waals surface area contributed by atoms with Crippen molar-refractivity contribution < 1.29 is 5.11 Å². The van der Waals surface area contributed by atoms with Gasteiger partial charge in [0.2, 0.25) is 0 Å². The highest BCUT2D eigenvalue weighted by Crippen LogP contribution is 2.26. The first kappa shape index (κ1) is 9.65. The molecule has 2 nitrogen and oxygen atoms in total. The van der Waals surface area contributed by atoms with Crippen LogP contribution in [0.1, 0.15) is 4.88 Å². The number of aliphatic hydroxyl groups is 1. The first-order chi connectivity index (χ1) is 6.79. The monoisotopic (exact) mass is 225 g/mol. The second kappa shape index (κ2) is 4.09. The summed E-state index contributed by atoms with van der Waals surface area (Å²) in [4.78, 5) is 5.26. The molecule has 0 amide bonds. The molecular weight excluding hydrogens is 218 g/mol. The Balaban J connectivity index is 2.46. The molecule has 0 atom stereocenters. The Hall–Kier alpha value is -0.900. The molecule has 0 saturated heterocycles. The number of thiophene rings is 1. The molecule has 0 unspecified atom stereocenters. The van der Waals surface area contributed by atoms with Gasteiger partial charge in [-0.1, -0.05) is 17.7 Å². The lowest BCUT2D eigenvalue weighted by Crippen LogP contribution is -1.71. The van der Waals surface area contributed by atoms with E-state index in [-0.39, 0.29) is 6.61 Å². The molecule has 14 heavy (non-hydrogen) atoms. The van der Waals surface area contributed by atoms with E-state index in [1.54, 1.807) is 23.5 Å². The van der Waals surface area contributed by atoms with Gasteiger partial charge in [0.1, 0.15) is 5.15 Å². The second-order valence-electron chi connectivity index (χ2n) is 2.75. The van der Waals surface area contributed by atoms with E-state index in [0.717, 1.165) is 15.1 Å². The highest BCUT2D eigenvalue weighted by atomic mass is 35.5. The SMILES string of the molecule is OC/C=C/c1cc2nc(Cl)ccc2s1. The van der Waals surface area contributed by atoms with Gasteiger partial charge < -0.3 is 5.11 Å². The van der Waals surface area contributed by atoms with Gasteiger partial charge in [-0.05, 0) is 24.3 Å². The molecule has 4 heteroatoms. The highest BCUT2D eigenvalue weighted by Gasteiger charge is 2.00. The Morgan fingerprint density at radius 1 is 1.50 bits per heavy atom. The number of fused-ring (bicyclic) bond motifs is 1. The maximum Gasteiger partial charge on any atom is 0.129 e. The van der Waals surface area contributed by atoms with E-state index < -0.39 is 0 Å². The Morgan fingerprint density at radius 2 is 2.36 bits per heavy atom. The lowest BCUT2D eigenvalue weighted by atomic mass is 10.3. The highest BCUT2D eigenvalue weighted by molar-refractivity contribution is 7.19. The van der Waals surface area contributed by atoms with Crippen LogP contribution in [0.5, 0.6) is 0 Å². The van der Waals surface area contributed by atoms with Gasteiger partial charge in [-0.2, -0.15) is 0 Å². The van der Waals surface area contributed by atoms with Crippen molar-refractivity contribution in [1.82, 2.24) is 4.98 Å². The van der Waals surface area contributed by atoms with Crippen molar-refractivity contribution >= 4 is 39.2 Å². The van der Waals surface area contributed by atoms with Crippen LogP contribution in [-0.2, 0) is 0 Å². The predicted molar refractivity (Wildman–Crippen MR) is 60.7 cm³/mol. The van der Waals surface area contributed by atoms with Gasteiger partial charge in [-0.15, -0.1) is 11.3 Å². The molecule has 0 aliphatic carbocycles. The lowest BCUT2D eigenvalue weighted by molar-refractivity contribution is 0.343. The minimum absolute atomic E-state index is 0.0580. The number of hydrogen-bond acceptors (Lipinski definition) is 3. The Kier molecular flexibility index (Phi) is 2.82. The summed E-state index contributed by atoms with van der Waals surface area (Å²) < 4.78 is 1.10. The average molecular weight is 226 g/mol. The third-order valence-electron chi connectivity index (χ3n) is 1.75. The summed E-state index contributed by atoms with van der Waals surface area (Å²) in [5.41, 5.74) is 0.903. The topological polar surface area (TPSA) is 33.1 Å². The first-order valence-electron chi connectivity index (χ1n) is 4.13. The molecule has 2 aromatic heterocycles. The molecule has 0 aliphatic rings. The van der Waals surface area contributed by atoms with Gasteiger partial charge in [-0.3, -0.25) is 0 Å². The van der Waals surface area contributed by atoms with Gasteiger partial charge in [0, 0.05) is 4.88 Å². The van der Waals surface area contributed by atoms with Crippen molar-refractivity contribution in [3.8, 4) is 0 Å². The van der Waals surface area contributed by atoms with Crippen molar-refractivity contribution in [2.45, 2.75) is 0 Å². The lowest BCUT2D eigenvalue weighted by Gasteiger charge is -1.87. The third-order valence-corrected chi connectivity index (χ3v) is 3.01. The molecule has 0 radical (unpaired) electrons. The fourth-order valence-corrected chi connectivity index (χ4v) is 2.26. The summed E-state index contributed by atoms with van der Waals surface area (Å²) in [5, 5.41) is 9.14. The third kappa shape index (κ3) is 1.95. The largest absolute Gasteiger partial charge is 0.392 e. The maximum atomic E-state index is 8.63. The zero-order chi connectivity index (χ0) is 9.97. The van der Waals surface area contributed by atoms with E-state index in [9.17, 15) is 0 Å². The van der Waals surface area contributed by atoms with E-state index in [2.05, 4.69) is 4.98 Å². The Bertz CT molecular complexity index is 478. The van der Waals surface area contributed by atoms with Crippen LogP contribution >= 0.6 is 22.9 Å². The fourth-order valence-electron chi connectivity index (χ4n) is 1.17. The minimum atomic E-state index is 0.0580. The molecule has 0 fully saturated rings. The summed E-state index contributed by atoms with van der Waals surface area (Å²) >= 11 is 7.39. The van der Waals surface area contributed by atoms with Crippen LogP contribution in [0.25, 0.3) is 16.3 Å². The zero-order valence-electron chi connectivity index (χ0n) is 7.27. The predicted octanol–water partition coefficient (Wildman–Crippen LogP) is 2.96. The van der Waals surface area contributed by atoms with Gasteiger partial charge in [0.15, 0.2) is 0 Å². The van der Waals surface area contributed by atoms with E-state index in [1.807, 2.05) is 18.2 Å². The van der Waals surface area contributed by atoms with Crippen molar-refractivity contribution in [3.05, 3.63) is 34.3 Å². The van der Waals surface area contributed by atoms with Crippen LogP contribution in [-0.4, -0.2) is 16.7 Å². The molecule has 0 aliphatic heterocycles. The van der Waals surface area contributed by atoms with Gasteiger partial charge >= 0.3 is 0 Å². The molecule has 72 valence electrons. The Labute approximate surface area is 90.5 Å². The second-order valence-corrected chi connectivity index (χ2v) is 4.25. The van der Waals surface area contributed by atoms with E-state index in [0.29, 0.717) is 5.15 Å². The van der Waals surface area contributed by atoms with Crippen molar-refractivity contribution in [3.63, 3.8) is 0 Å². The number of halogens is 1. The standard InChI is InChI=1S/C10H8ClNOS/c11-10-4-3-9-8(12-10)6-7(14-9)2-1-5-13/h1-4,6,13H,5H2/b2-1+. The van der Waals surface area contributed by atoms with Crippen LogP contribution in [0.2, 0.25) is 5.15 Å². The molecule has 0 bridgehead atoms. The molecule has 0 spiro atoms. The molecule has 2 rings (SSSR count). The number of nitrogens with zero attached hydrogens (tertiary/aromatic N) is 1. The molecule has 0 saturated carbocycles. The molecular formula is C10H8ClNOS. The summed E-state index contributed by atoms with van der Waals surface area (Å²) in [5.74, 6) is 0. The molecule has 2 heterocycles. The number of rotatable bonds is 2. The van der Waals surface area contributed by atoms with E-state index >= 15 is 0 Å². The molecule has 2 aromatic rings. The normalized spacial score (nSPS) is 11.6. The maximum absolute atomic E-state index is 8.63. The quantitative estimate of drug-likeness (QED) is 0.798. The van der Waals surface area contributed by atoms with Gasteiger partial charge in [0.05, 0.1) is 16.8 Å². The van der Waals surface area contributed by atoms with Crippen molar-refractivity contribution in [2.24, 2.45) is 0 Å². The first-order valence-corrected chi connectivity index (χ1v) is 5.32. The zero-order valence-corrected chi connectivity index (χ0v) is 8.85. The minimum Gasteiger partial charge on any atom is -0.392 e. The molecule has 1 N–H and O–H groups in total. The van der Waals surface area contributed by atoms with Gasteiger partial charge in [0.25, 0.3) is 0 Å². The summed E-state index contributed by atoms with van der Waals surface area (Å²) in [6.45, 7) is 0.0580. The van der Waals surface area contributed by atoms with Crippen LogP contribution in [0.15, 0.2) is 24.3 Å². The summed E-state index contributed by atoms with van der Waals surface area (Å²) in [6, 6.07) is 5.68. The molecule has 0 aromatic carbocycles. The van der Waals surface area contributed by atoms with Crippen LogP contribution in [0, 0.1) is 0 Å². The van der Waals surface area contributed by atoms with Crippen molar-refractivity contribution in [2.75, 3.05) is 6.61 Å². The average Bonchev–Trinajstić information content (AvgIpc) is 2.56. The number of aromatic nitrogens is 1. The Morgan fingerprint density at radius 3 is 3.14 bits per heavy atom. The van der Waals surface area contributed by atoms with E-state index in [4.69, 9.17) is 16.7 Å². The number of pyridine rings is 1. The van der Waals surface area contributed by atoms with Crippen LogP contribution < -0.4 is 0 Å². The van der Waals surface area contributed by atoms with E-state index in [1.165, 1.54) is 0 Å². The van der Waals surface area contributed by atoms with Crippen LogP contribution in [0.4, 0.5) is 0 Å². The number of aliphatic hydroxyl groups excluding tert-OH is 1. The summed E-state index contributed by atoms with van der Waals surface area (Å²) in [7, 11) is 0. The van der Waals surface area contributed by atoms with Crippen LogP contribution in [0.3, 0.4) is 0 Å². The smallest absolute Gasteiger partial charge is 0.129 e. The van der Waals surface area contributed by atoms with Gasteiger partial charge in [-0.25, -0.2) is 4.98 Å². The van der Waals surface area contributed by atoms with Crippen molar-refractivity contribution in [1.29, 1.82) is 0 Å². The number of hydrogen-bond donors (Lipinski definition) is 1. The fraction of sp³-hybridized carbons (Fsp3) is 0.100.